The summed E-state index contributed by atoms with van der Waals surface area (Å²) < 4.78 is 0. The van der Waals surface area contributed by atoms with Gasteiger partial charge in [-0.05, 0) is 51.1 Å². The molecule has 7 nitrogen and oxygen atoms in total. The number of hydrogen-bond donors (Lipinski definition) is 3. The molecule has 27 heavy (non-hydrogen) atoms. The van der Waals surface area contributed by atoms with E-state index in [1.54, 1.807) is 24.3 Å². The number of amides is 1. The standard InChI is InChI=1S/C20H23N5O2/c1-11-10-25(12(2)9-21-11)20(27)16-8-17(14-4-6-15(26)7-5-14)22-19-18(16)13(3)23-24-19/h4-8,11-12,21,26H,9-10H2,1-3H3,(H,22,23,24)/t11-,12+/m0/s1. The van der Waals surface area contributed by atoms with Crippen LogP contribution in [0, 0.1) is 6.92 Å². The highest BCUT2D eigenvalue weighted by molar-refractivity contribution is 6.07. The highest BCUT2D eigenvalue weighted by atomic mass is 16.3. The maximum Gasteiger partial charge on any atom is 0.255 e. The molecular weight excluding hydrogens is 342 g/mol. The monoisotopic (exact) mass is 365 g/mol. The highest BCUT2D eigenvalue weighted by Gasteiger charge is 2.29. The molecular formula is C20H23N5O2. The van der Waals surface area contributed by atoms with Gasteiger partial charge in [-0.15, -0.1) is 0 Å². The van der Waals surface area contributed by atoms with Crippen LogP contribution in [0.3, 0.4) is 0 Å². The molecule has 0 radical (unpaired) electrons. The van der Waals surface area contributed by atoms with Gasteiger partial charge in [0.05, 0.1) is 16.6 Å². The van der Waals surface area contributed by atoms with Crippen molar-refractivity contribution in [2.24, 2.45) is 0 Å². The van der Waals surface area contributed by atoms with Crippen LogP contribution in [0.5, 0.6) is 5.75 Å². The van der Waals surface area contributed by atoms with Crippen molar-refractivity contribution in [1.29, 1.82) is 0 Å². The minimum Gasteiger partial charge on any atom is -0.508 e. The van der Waals surface area contributed by atoms with E-state index in [0.717, 1.165) is 23.2 Å². The number of nitrogens with one attached hydrogen (secondary N) is 2. The summed E-state index contributed by atoms with van der Waals surface area (Å²) in [6, 6.07) is 8.99. The third kappa shape index (κ3) is 3.14. The summed E-state index contributed by atoms with van der Waals surface area (Å²) in [7, 11) is 0. The Labute approximate surface area is 157 Å². The van der Waals surface area contributed by atoms with Gasteiger partial charge in [0.15, 0.2) is 5.65 Å². The van der Waals surface area contributed by atoms with E-state index in [2.05, 4.69) is 34.3 Å². The van der Waals surface area contributed by atoms with E-state index in [1.165, 1.54) is 0 Å². The number of benzene rings is 1. The molecule has 0 aliphatic carbocycles. The largest absolute Gasteiger partial charge is 0.508 e. The van der Waals surface area contributed by atoms with Crippen molar-refractivity contribution in [2.45, 2.75) is 32.9 Å². The van der Waals surface area contributed by atoms with Crippen LogP contribution >= 0.6 is 0 Å². The number of rotatable bonds is 2. The molecule has 1 aliphatic heterocycles. The van der Waals surface area contributed by atoms with Gasteiger partial charge in [0.25, 0.3) is 5.91 Å². The summed E-state index contributed by atoms with van der Waals surface area (Å²) in [4.78, 5) is 20.0. The Morgan fingerprint density at radius 1 is 1.26 bits per heavy atom. The minimum atomic E-state index is -0.00669. The molecule has 1 amide bonds. The maximum atomic E-state index is 13.4. The van der Waals surface area contributed by atoms with E-state index in [4.69, 9.17) is 0 Å². The third-order valence-corrected chi connectivity index (χ3v) is 5.12. The maximum absolute atomic E-state index is 13.4. The second kappa shape index (κ2) is 6.66. The van der Waals surface area contributed by atoms with Crippen LogP contribution in [0.15, 0.2) is 30.3 Å². The van der Waals surface area contributed by atoms with Gasteiger partial charge in [-0.2, -0.15) is 5.10 Å². The number of carbonyl (C=O) groups excluding carboxylic acids is 1. The number of aromatic hydroxyl groups is 1. The SMILES string of the molecule is Cc1[nH]nc2nc(-c3ccc(O)cc3)cc(C(=O)N3C[C@H](C)NC[C@H]3C)c12. The van der Waals surface area contributed by atoms with E-state index in [1.807, 2.05) is 17.9 Å². The van der Waals surface area contributed by atoms with Crippen LogP contribution in [0.4, 0.5) is 0 Å². The zero-order chi connectivity index (χ0) is 19.1. The number of aromatic nitrogens is 3. The molecule has 0 spiro atoms. The lowest BCUT2D eigenvalue weighted by Crippen LogP contribution is -2.56. The Kier molecular flexibility index (Phi) is 4.31. The van der Waals surface area contributed by atoms with E-state index in [0.29, 0.717) is 23.4 Å². The molecule has 7 heteroatoms. The van der Waals surface area contributed by atoms with Gasteiger partial charge in [-0.3, -0.25) is 9.89 Å². The van der Waals surface area contributed by atoms with Crippen LogP contribution in [-0.2, 0) is 0 Å². The molecule has 1 fully saturated rings. The summed E-state index contributed by atoms with van der Waals surface area (Å²) in [5, 5.41) is 20.9. The normalized spacial score (nSPS) is 20.2. The van der Waals surface area contributed by atoms with Crippen LogP contribution in [0.25, 0.3) is 22.3 Å². The first-order valence-corrected chi connectivity index (χ1v) is 9.13. The molecule has 3 aromatic rings. The van der Waals surface area contributed by atoms with Gasteiger partial charge in [0.1, 0.15) is 5.75 Å². The molecule has 1 aliphatic rings. The highest BCUT2D eigenvalue weighted by Crippen LogP contribution is 2.28. The Bertz CT molecular complexity index is 996. The number of carbonyl (C=O) groups is 1. The summed E-state index contributed by atoms with van der Waals surface area (Å²) >= 11 is 0. The van der Waals surface area contributed by atoms with Crippen LogP contribution in [-0.4, -0.2) is 56.3 Å². The molecule has 3 N–H and O–H groups in total. The molecule has 4 rings (SSSR count). The number of hydrogen-bond acceptors (Lipinski definition) is 5. The fourth-order valence-electron chi connectivity index (χ4n) is 3.58. The second-order valence-electron chi connectivity index (χ2n) is 7.26. The van der Waals surface area contributed by atoms with Gasteiger partial charge in [-0.1, -0.05) is 0 Å². The molecule has 0 unspecified atom stereocenters. The Morgan fingerprint density at radius 2 is 2.00 bits per heavy atom. The van der Waals surface area contributed by atoms with Crippen molar-refractivity contribution >= 4 is 16.9 Å². The molecule has 140 valence electrons. The lowest BCUT2D eigenvalue weighted by Gasteiger charge is -2.37. The molecule has 2 aromatic heterocycles. The topological polar surface area (TPSA) is 94.1 Å². The van der Waals surface area contributed by atoms with E-state index < -0.39 is 0 Å². The first-order valence-electron chi connectivity index (χ1n) is 9.13. The number of aryl methyl sites for hydroxylation is 1. The van der Waals surface area contributed by atoms with Crippen LogP contribution in [0.2, 0.25) is 0 Å². The van der Waals surface area contributed by atoms with Crippen molar-refractivity contribution in [2.75, 3.05) is 13.1 Å². The lowest BCUT2D eigenvalue weighted by atomic mass is 10.0. The van der Waals surface area contributed by atoms with E-state index >= 15 is 0 Å². The molecule has 0 bridgehead atoms. The predicted molar refractivity (Wildman–Crippen MR) is 104 cm³/mol. The van der Waals surface area contributed by atoms with Gasteiger partial charge < -0.3 is 15.3 Å². The number of fused-ring (bicyclic) bond motifs is 1. The Hall–Kier alpha value is -2.93. The number of pyridine rings is 1. The number of H-pyrrole nitrogens is 1. The molecule has 0 saturated carbocycles. The summed E-state index contributed by atoms with van der Waals surface area (Å²) in [6.45, 7) is 7.47. The van der Waals surface area contributed by atoms with Crippen LogP contribution < -0.4 is 5.32 Å². The number of nitrogens with zero attached hydrogens (tertiary/aromatic N) is 3. The molecule has 2 atom stereocenters. The van der Waals surface area contributed by atoms with Gasteiger partial charge in [0, 0.05) is 36.4 Å². The van der Waals surface area contributed by atoms with Crippen molar-refractivity contribution in [3.63, 3.8) is 0 Å². The lowest BCUT2D eigenvalue weighted by molar-refractivity contribution is 0.0618. The van der Waals surface area contributed by atoms with Gasteiger partial charge in [0.2, 0.25) is 0 Å². The van der Waals surface area contributed by atoms with Crippen LogP contribution in [0.1, 0.15) is 29.9 Å². The summed E-state index contributed by atoms with van der Waals surface area (Å²) in [6.07, 6.45) is 0. The summed E-state index contributed by atoms with van der Waals surface area (Å²) in [5.74, 6) is 0.183. The average molecular weight is 365 g/mol. The minimum absolute atomic E-state index is 0.00669. The molecule has 3 heterocycles. The van der Waals surface area contributed by atoms with Crippen molar-refractivity contribution in [1.82, 2.24) is 25.4 Å². The van der Waals surface area contributed by atoms with Gasteiger partial charge in [-0.25, -0.2) is 4.98 Å². The quantitative estimate of drug-likeness (QED) is 0.649. The number of phenolic OH excluding ortho intramolecular Hbond substituents is 1. The zero-order valence-electron chi connectivity index (χ0n) is 15.7. The Morgan fingerprint density at radius 3 is 2.74 bits per heavy atom. The number of phenols is 1. The number of piperazine rings is 1. The summed E-state index contributed by atoms with van der Waals surface area (Å²) in [5.41, 5.74) is 3.45. The molecule has 1 aromatic carbocycles. The van der Waals surface area contributed by atoms with Crippen molar-refractivity contribution < 1.29 is 9.90 Å². The van der Waals surface area contributed by atoms with E-state index in [-0.39, 0.29) is 23.7 Å². The first kappa shape index (κ1) is 17.5. The number of aromatic amines is 1. The fourth-order valence-corrected chi connectivity index (χ4v) is 3.58. The predicted octanol–water partition coefficient (Wildman–Crippen LogP) is 2.46. The van der Waals surface area contributed by atoms with Crippen molar-refractivity contribution in [3.05, 3.63) is 41.6 Å². The van der Waals surface area contributed by atoms with Gasteiger partial charge >= 0.3 is 0 Å². The third-order valence-electron chi connectivity index (χ3n) is 5.12. The van der Waals surface area contributed by atoms with Crippen molar-refractivity contribution in [3.8, 4) is 17.0 Å². The molecule has 1 saturated heterocycles. The smallest absolute Gasteiger partial charge is 0.255 e. The van der Waals surface area contributed by atoms with E-state index in [9.17, 15) is 9.90 Å². The second-order valence-corrected chi connectivity index (χ2v) is 7.26. The Balaban J connectivity index is 1.84. The fraction of sp³-hybridized carbons (Fsp3) is 0.350. The zero-order valence-corrected chi connectivity index (χ0v) is 15.7. The average Bonchev–Trinajstić information content (AvgIpc) is 3.04. The first-order chi connectivity index (χ1) is 12.9.